The van der Waals surface area contributed by atoms with Crippen LogP contribution in [0.2, 0.25) is 0 Å². The molecule has 4 rings (SSSR count). The predicted octanol–water partition coefficient (Wildman–Crippen LogP) is 2.32. The highest BCUT2D eigenvalue weighted by molar-refractivity contribution is 5.95. The summed E-state index contributed by atoms with van der Waals surface area (Å²) in [6, 6.07) is 7.37. The summed E-state index contributed by atoms with van der Waals surface area (Å²) in [5.74, 6) is -0.625. The second kappa shape index (κ2) is 7.46. The Labute approximate surface area is 156 Å². The van der Waals surface area contributed by atoms with Crippen molar-refractivity contribution in [2.75, 3.05) is 49.1 Å². The molecule has 3 heterocycles. The molecule has 1 aromatic carbocycles. The number of amides is 1. The summed E-state index contributed by atoms with van der Waals surface area (Å²) in [4.78, 5) is 18.2. The Morgan fingerprint density at radius 1 is 0.778 bits per heavy atom. The van der Waals surface area contributed by atoms with E-state index in [1.165, 1.54) is 23.8 Å². The fraction of sp³-hybridized carbons (Fsp3) is 0.421. The average molecular weight is 373 g/mol. The first-order valence-electron chi connectivity index (χ1n) is 9.20. The summed E-state index contributed by atoms with van der Waals surface area (Å²) in [5, 5.41) is 8.63. The molecule has 0 bridgehead atoms. The maximum atomic E-state index is 13.8. The summed E-state index contributed by atoms with van der Waals surface area (Å²) in [6.07, 6.45) is 2.37. The molecule has 2 fully saturated rings. The van der Waals surface area contributed by atoms with E-state index in [0.717, 1.165) is 36.9 Å². The molecule has 2 aliphatic heterocycles. The lowest BCUT2D eigenvalue weighted by Crippen LogP contribution is -2.49. The van der Waals surface area contributed by atoms with Gasteiger partial charge in [-0.15, -0.1) is 10.2 Å². The minimum atomic E-state index is -0.828. The van der Waals surface area contributed by atoms with Crippen LogP contribution in [0.5, 0.6) is 0 Å². The van der Waals surface area contributed by atoms with Crippen molar-refractivity contribution in [1.82, 2.24) is 15.1 Å². The Bertz CT molecular complexity index is 795. The number of carbonyl (C=O) groups is 1. The number of benzene rings is 1. The first kappa shape index (κ1) is 17.6. The van der Waals surface area contributed by atoms with Crippen LogP contribution in [0.4, 0.5) is 20.4 Å². The Balaban J connectivity index is 1.39. The molecule has 0 unspecified atom stereocenters. The number of aromatic nitrogens is 2. The molecular formula is C19H21F2N5O. The van der Waals surface area contributed by atoms with Crippen molar-refractivity contribution < 1.29 is 13.6 Å². The first-order valence-corrected chi connectivity index (χ1v) is 9.20. The van der Waals surface area contributed by atoms with Crippen LogP contribution in [0.15, 0.2) is 30.3 Å². The van der Waals surface area contributed by atoms with Gasteiger partial charge in [0, 0.05) is 39.3 Å². The molecule has 2 aromatic rings. The van der Waals surface area contributed by atoms with Gasteiger partial charge in [0.25, 0.3) is 5.91 Å². The van der Waals surface area contributed by atoms with Crippen LogP contribution in [0.1, 0.15) is 23.2 Å². The fourth-order valence-corrected chi connectivity index (χ4v) is 3.60. The quantitative estimate of drug-likeness (QED) is 0.827. The van der Waals surface area contributed by atoms with Gasteiger partial charge in [0.1, 0.15) is 17.2 Å². The van der Waals surface area contributed by atoms with Crippen molar-refractivity contribution >= 4 is 17.5 Å². The highest BCUT2D eigenvalue weighted by atomic mass is 19.1. The second-order valence-electron chi connectivity index (χ2n) is 6.82. The second-order valence-corrected chi connectivity index (χ2v) is 6.82. The lowest BCUT2D eigenvalue weighted by Gasteiger charge is -2.35. The van der Waals surface area contributed by atoms with E-state index in [1.807, 2.05) is 17.0 Å². The zero-order valence-electron chi connectivity index (χ0n) is 14.9. The Hall–Kier alpha value is -2.77. The molecule has 142 valence electrons. The number of nitrogens with zero attached hydrogens (tertiary/aromatic N) is 5. The molecule has 0 spiro atoms. The SMILES string of the molecule is O=C(c1c(F)cccc1F)N1CCN(c2ccc(N3CCCC3)nn2)CC1. The number of rotatable bonds is 3. The van der Waals surface area contributed by atoms with Crippen LogP contribution in [0.25, 0.3) is 0 Å². The standard InChI is InChI=1S/C19H21F2N5O/c20-14-4-3-5-15(21)18(14)19(27)26-12-10-25(11-13-26)17-7-6-16(22-23-17)24-8-1-2-9-24/h3-7H,1-2,8-13H2. The molecule has 8 heteroatoms. The van der Waals surface area contributed by atoms with Crippen molar-refractivity contribution in [1.29, 1.82) is 0 Å². The Morgan fingerprint density at radius 2 is 1.30 bits per heavy atom. The van der Waals surface area contributed by atoms with Gasteiger partial charge < -0.3 is 14.7 Å². The molecule has 2 aliphatic rings. The Morgan fingerprint density at radius 3 is 1.81 bits per heavy atom. The van der Waals surface area contributed by atoms with Gasteiger partial charge in [-0.2, -0.15) is 0 Å². The van der Waals surface area contributed by atoms with Crippen molar-refractivity contribution in [2.24, 2.45) is 0 Å². The fourth-order valence-electron chi connectivity index (χ4n) is 3.60. The van der Waals surface area contributed by atoms with Crippen LogP contribution >= 0.6 is 0 Å². The molecule has 2 saturated heterocycles. The predicted molar refractivity (Wildman–Crippen MR) is 98.0 cm³/mol. The van der Waals surface area contributed by atoms with Crippen molar-refractivity contribution in [3.8, 4) is 0 Å². The largest absolute Gasteiger partial charge is 0.355 e. The van der Waals surface area contributed by atoms with Crippen LogP contribution in [0.3, 0.4) is 0 Å². The van der Waals surface area contributed by atoms with Gasteiger partial charge in [-0.05, 0) is 37.1 Å². The van der Waals surface area contributed by atoms with Crippen LogP contribution in [-0.4, -0.2) is 60.3 Å². The maximum absolute atomic E-state index is 13.8. The molecule has 0 saturated carbocycles. The summed E-state index contributed by atoms with van der Waals surface area (Å²) in [5.41, 5.74) is -0.485. The normalized spacial score (nSPS) is 17.5. The summed E-state index contributed by atoms with van der Waals surface area (Å²) in [6.45, 7) is 3.87. The number of anilines is 2. The van der Waals surface area contributed by atoms with Gasteiger partial charge in [0.05, 0.1) is 0 Å². The van der Waals surface area contributed by atoms with Gasteiger partial charge in [-0.25, -0.2) is 8.78 Å². The lowest BCUT2D eigenvalue weighted by atomic mass is 10.1. The van der Waals surface area contributed by atoms with E-state index < -0.39 is 23.1 Å². The molecule has 27 heavy (non-hydrogen) atoms. The average Bonchev–Trinajstić information content (AvgIpc) is 3.23. The monoisotopic (exact) mass is 373 g/mol. The molecule has 1 aromatic heterocycles. The van der Waals surface area contributed by atoms with Gasteiger partial charge >= 0.3 is 0 Å². The van der Waals surface area contributed by atoms with Crippen LogP contribution in [0, 0.1) is 11.6 Å². The third kappa shape index (κ3) is 3.56. The van der Waals surface area contributed by atoms with Gasteiger partial charge in [-0.3, -0.25) is 4.79 Å². The summed E-state index contributed by atoms with van der Waals surface area (Å²) < 4.78 is 27.7. The minimum absolute atomic E-state index is 0.377. The zero-order valence-corrected chi connectivity index (χ0v) is 14.9. The summed E-state index contributed by atoms with van der Waals surface area (Å²) >= 11 is 0. The third-order valence-electron chi connectivity index (χ3n) is 5.13. The van der Waals surface area contributed by atoms with E-state index in [2.05, 4.69) is 15.1 Å². The van der Waals surface area contributed by atoms with E-state index in [1.54, 1.807) is 0 Å². The maximum Gasteiger partial charge on any atom is 0.259 e. The van der Waals surface area contributed by atoms with E-state index in [4.69, 9.17) is 0 Å². The number of halogens is 2. The number of carbonyl (C=O) groups excluding carboxylic acids is 1. The molecule has 0 radical (unpaired) electrons. The lowest BCUT2D eigenvalue weighted by molar-refractivity contribution is 0.0736. The van der Waals surface area contributed by atoms with E-state index in [9.17, 15) is 13.6 Å². The van der Waals surface area contributed by atoms with Crippen molar-refractivity contribution in [2.45, 2.75) is 12.8 Å². The minimum Gasteiger partial charge on any atom is -0.355 e. The van der Waals surface area contributed by atoms with E-state index in [0.29, 0.717) is 26.2 Å². The topological polar surface area (TPSA) is 52.6 Å². The highest BCUT2D eigenvalue weighted by Crippen LogP contribution is 2.21. The summed E-state index contributed by atoms with van der Waals surface area (Å²) in [7, 11) is 0. The smallest absolute Gasteiger partial charge is 0.259 e. The van der Waals surface area contributed by atoms with Crippen LogP contribution < -0.4 is 9.80 Å². The number of hydrogen-bond donors (Lipinski definition) is 0. The van der Waals surface area contributed by atoms with Gasteiger partial charge in [-0.1, -0.05) is 6.07 Å². The van der Waals surface area contributed by atoms with Gasteiger partial charge in [0.15, 0.2) is 11.6 Å². The molecule has 1 amide bonds. The van der Waals surface area contributed by atoms with E-state index >= 15 is 0 Å². The molecule has 0 aliphatic carbocycles. The van der Waals surface area contributed by atoms with Crippen LogP contribution in [-0.2, 0) is 0 Å². The molecule has 6 nitrogen and oxygen atoms in total. The van der Waals surface area contributed by atoms with Crippen molar-refractivity contribution in [3.05, 3.63) is 47.5 Å². The zero-order chi connectivity index (χ0) is 18.8. The molecule has 0 atom stereocenters. The highest BCUT2D eigenvalue weighted by Gasteiger charge is 2.27. The van der Waals surface area contributed by atoms with Gasteiger partial charge in [0.2, 0.25) is 0 Å². The third-order valence-corrected chi connectivity index (χ3v) is 5.13. The first-order chi connectivity index (χ1) is 13.1. The molecular weight excluding hydrogens is 352 g/mol. The van der Waals surface area contributed by atoms with E-state index in [-0.39, 0.29) is 0 Å². The molecule has 0 N–H and O–H groups in total. The van der Waals surface area contributed by atoms with Crippen molar-refractivity contribution in [3.63, 3.8) is 0 Å². The number of piperazine rings is 1. The number of hydrogen-bond acceptors (Lipinski definition) is 5. The Kier molecular flexibility index (Phi) is 4.87.